The van der Waals surface area contributed by atoms with Crippen molar-refractivity contribution in [2.45, 2.75) is 44.6 Å². The zero-order valence-corrected chi connectivity index (χ0v) is 15.3. The maximum atomic E-state index is 12.7. The molecule has 2 fully saturated rings. The molecule has 6 nitrogen and oxygen atoms in total. The van der Waals surface area contributed by atoms with Crippen LogP contribution in [0.25, 0.3) is 0 Å². The quantitative estimate of drug-likeness (QED) is 0.829. The fourth-order valence-electron chi connectivity index (χ4n) is 3.82. The lowest BCUT2D eigenvalue weighted by atomic mass is 9.93. The van der Waals surface area contributed by atoms with Gasteiger partial charge in [0.05, 0.1) is 6.04 Å². The van der Waals surface area contributed by atoms with Crippen LogP contribution >= 0.6 is 11.3 Å². The first-order valence-corrected chi connectivity index (χ1v) is 10.9. The number of amides is 1. The number of nitrogens with one attached hydrogen (secondary N) is 1. The van der Waals surface area contributed by atoms with Crippen molar-refractivity contribution < 1.29 is 13.2 Å². The normalized spacial score (nSPS) is 22.5. The lowest BCUT2D eigenvalue weighted by Gasteiger charge is -2.31. The number of hydrogen-bond acceptors (Lipinski definition) is 4. The molecule has 8 heteroatoms. The van der Waals surface area contributed by atoms with E-state index in [0.717, 1.165) is 12.8 Å². The number of rotatable bonds is 5. The SMILES string of the molecule is NS(=O)(=O)N1CCC(C(=O)NC(c2cccs2)C2CCCC2)CC1. The molecule has 134 valence electrons. The van der Waals surface area contributed by atoms with Crippen LogP contribution in [0, 0.1) is 11.8 Å². The lowest BCUT2D eigenvalue weighted by molar-refractivity contribution is -0.127. The fraction of sp³-hybridized carbons (Fsp3) is 0.688. The molecule has 1 unspecified atom stereocenters. The van der Waals surface area contributed by atoms with Crippen molar-refractivity contribution in [2.24, 2.45) is 17.0 Å². The highest BCUT2D eigenvalue weighted by atomic mass is 32.2. The minimum Gasteiger partial charge on any atom is -0.348 e. The van der Waals surface area contributed by atoms with E-state index in [1.807, 2.05) is 11.4 Å². The average Bonchev–Trinajstić information content (AvgIpc) is 3.25. The van der Waals surface area contributed by atoms with Crippen molar-refractivity contribution >= 4 is 27.5 Å². The van der Waals surface area contributed by atoms with Crippen LogP contribution in [0.5, 0.6) is 0 Å². The zero-order valence-electron chi connectivity index (χ0n) is 13.7. The van der Waals surface area contributed by atoms with Gasteiger partial charge < -0.3 is 5.32 Å². The van der Waals surface area contributed by atoms with E-state index < -0.39 is 10.2 Å². The van der Waals surface area contributed by atoms with Crippen LogP contribution in [0.1, 0.15) is 49.4 Å². The van der Waals surface area contributed by atoms with Crippen molar-refractivity contribution in [2.75, 3.05) is 13.1 Å². The van der Waals surface area contributed by atoms with Crippen LogP contribution in [0.15, 0.2) is 17.5 Å². The molecule has 1 saturated carbocycles. The Hall–Kier alpha value is -0.960. The van der Waals surface area contributed by atoms with Crippen LogP contribution < -0.4 is 10.5 Å². The van der Waals surface area contributed by atoms with Gasteiger partial charge in [-0.25, -0.2) is 5.14 Å². The topological polar surface area (TPSA) is 92.5 Å². The van der Waals surface area contributed by atoms with E-state index in [9.17, 15) is 13.2 Å². The zero-order chi connectivity index (χ0) is 17.2. The fourth-order valence-corrected chi connectivity index (χ4v) is 5.41. The Morgan fingerprint density at radius 1 is 1.25 bits per heavy atom. The summed E-state index contributed by atoms with van der Waals surface area (Å²) in [7, 11) is -3.64. The summed E-state index contributed by atoms with van der Waals surface area (Å²) in [5.41, 5.74) is 0. The first-order valence-electron chi connectivity index (χ1n) is 8.57. The molecule has 1 aromatic heterocycles. The van der Waals surface area contributed by atoms with E-state index in [-0.39, 0.29) is 17.9 Å². The van der Waals surface area contributed by atoms with Crippen molar-refractivity contribution in [1.82, 2.24) is 9.62 Å². The molecule has 3 N–H and O–H groups in total. The third-order valence-electron chi connectivity index (χ3n) is 5.20. The maximum Gasteiger partial charge on any atom is 0.276 e. The Balaban J connectivity index is 1.62. The Labute approximate surface area is 147 Å². The van der Waals surface area contributed by atoms with Crippen molar-refractivity contribution in [3.63, 3.8) is 0 Å². The number of carbonyl (C=O) groups is 1. The summed E-state index contributed by atoms with van der Waals surface area (Å²) in [6.07, 6.45) is 5.85. The van der Waals surface area contributed by atoms with Gasteiger partial charge in [-0.2, -0.15) is 12.7 Å². The third-order valence-corrected chi connectivity index (χ3v) is 7.24. The Morgan fingerprint density at radius 2 is 1.92 bits per heavy atom. The molecular weight excluding hydrogens is 346 g/mol. The van der Waals surface area contributed by atoms with Crippen LogP contribution in [0.3, 0.4) is 0 Å². The molecular formula is C16H25N3O3S2. The molecule has 0 radical (unpaired) electrons. The van der Waals surface area contributed by atoms with E-state index in [4.69, 9.17) is 5.14 Å². The number of piperidine rings is 1. The maximum absolute atomic E-state index is 12.7. The van der Waals surface area contributed by atoms with Gasteiger partial charge in [0.15, 0.2) is 0 Å². The molecule has 1 aliphatic carbocycles. The largest absolute Gasteiger partial charge is 0.348 e. The third kappa shape index (κ3) is 4.17. The van der Waals surface area contributed by atoms with Gasteiger partial charge in [0, 0.05) is 23.9 Å². The number of hydrogen-bond donors (Lipinski definition) is 2. The van der Waals surface area contributed by atoms with Gasteiger partial charge in [-0.05, 0) is 43.0 Å². The summed E-state index contributed by atoms with van der Waals surface area (Å²) in [6, 6.07) is 4.22. The van der Waals surface area contributed by atoms with Crippen molar-refractivity contribution in [3.8, 4) is 0 Å². The lowest BCUT2D eigenvalue weighted by Crippen LogP contribution is -2.46. The minimum atomic E-state index is -3.64. The standard InChI is InChI=1S/C16H25N3O3S2/c17-24(21,22)19-9-7-13(8-10-19)16(20)18-15(12-4-1-2-5-12)14-6-3-11-23-14/h3,6,11-13,15H,1-2,4-5,7-10H2,(H,18,20)(H2,17,21,22). The molecule has 3 rings (SSSR count). The molecule has 1 aromatic rings. The van der Waals surface area contributed by atoms with E-state index in [1.165, 1.54) is 22.0 Å². The molecule has 1 aliphatic heterocycles. The molecule has 1 saturated heterocycles. The van der Waals surface area contributed by atoms with E-state index >= 15 is 0 Å². The summed E-state index contributed by atoms with van der Waals surface area (Å²) in [5.74, 6) is 0.429. The summed E-state index contributed by atoms with van der Waals surface area (Å²) in [4.78, 5) is 13.9. The average molecular weight is 372 g/mol. The highest BCUT2D eigenvalue weighted by Gasteiger charge is 2.33. The van der Waals surface area contributed by atoms with Gasteiger partial charge in [0.1, 0.15) is 0 Å². The van der Waals surface area contributed by atoms with Gasteiger partial charge >= 0.3 is 0 Å². The number of carbonyl (C=O) groups excluding carboxylic acids is 1. The first kappa shape index (κ1) is 17.8. The predicted molar refractivity (Wildman–Crippen MR) is 94.6 cm³/mol. The molecule has 0 aromatic carbocycles. The van der Waals surface area contributed by atoms with Crippen molar-refractivity contribution in [1.29, 1.82) is 0 Å². The highest BCUT2D eigenvalue weighted by Crippen LogP contribution is 2.37. The Kier molecular flexibility index (Phi) is 5.59. The second-order valence-corrected chi connectivity index (χ2v) is 9.29. The summed E-state index contributed by atoms with van der Waals surface area (Å²) < 4.78 is 24.0. The van der Waals surface area contributed by atoms with E-state index in [1.54, 1.807) is 11.3 Å². The Morgan fingerprint density at radius 3 is 2.46 bits per heavy atom. The minimum absolute atomic E-state index is 0.0503. The second-order valence-electron chi connectivity index (χ2n) is 6.76. The smallest absolute Gasteiger partial charge is 0.276 e. The molecule has 2 aliphatic rings. The molecule has 1 atom stereocenters. The van der Waals surface area contributed by atoms with E-state index in [0.29, 0.717) is 31.8 Å². The van der Waals surface area contributed by atoms with Gasteiger partial charge in [0.25, 0.3) is 10.2 Å². The van der Waals surface area contributed by atoms with Gasteiger partial charge in [-0.1, -0.05) is 18.9 Å². The van der Waals surface area contributed by atoms with Gasteiger partial charge in [0.2, 0.25) is 5.91 Å². The summed E-state index contributed by atoms with van der Waals surface area (Å²) >= 11 is 1.69. The van der Waals surface area contributed by atoms with Crippen molar-refractivity contribution in [3.05, 3.63) is 22.4 Å². The Bertz CT molecular complexity index is 646. The number of nitrogens with zero attached hydrogens (tertiary/aromatic N) is 1. The highest BCUT2D eigenvalue weighted by molar-refractivity contribution is 7.86. The molecule has 2 heterocycles. The number of thiophene rings is 1. The molecule has 1 amide bonds. The van der Waals surface area contributed by atoms with E-state index in [2.05, 4.69) is 11.4 Å². The van der Waals surface area contributed by atoms with Gasteiger partial charge in [-0.15, -0.1) is 11.3 Å². The van der Waals surface area contributed by atoms with Crippen LogP contribution in [0.4, 0.5) is 0 Å². The summed E-state index contributed by atoms with van der Waals surface area (Å²) in [6.45, 7) is 0.647. The number of nitrogens with two attached hydrogens (primary N) is 1. The molecule has 0 spiro atoms. The second kappa shape index (κ2) is 7.51. The van der Waals surface area contributed by atoms with Crippen LogP contribution in [0.2, 0.25) is 0 Å². The van der Waals surface area contributed by atoms with Crippen LogP contribution in [-0.2, 0) is 15.0 Å². The summed E-state index contributed by atoms with van der Waals surface area (Å²) in [5, 5.41) is 10.5. The molecule has 0 bridgehead atoms. The van der Waals surface area contributed by atoms with Gasteiger partial charge in [-0.3, -0.25) is 4.79 Å². The molecule has 24 heavy (non-hydrogen) atoms. The monoisotopic (exact) mass is 371 g/mol. The first-order chi connectivity index (χ1) is 11.4. The predicted octanol–water partition coefficient (Wildman–Crippen LogP) is 2.01. The van der Waals surface area contributed by atoms with Crippen LogP contribution in [-0.4, -0.2) is 31.7 Å².